The fraction of sp³-hybridized carbons (Fsp3) is 0.462. The standard InChI is InChI=1S/C13H18ClNO3/c1-7-4-10(5-8(2)12(7)14)13(18)11(17)6-15-9(3)16/h4-5,11,13,17-18H,6H2,1-3H3,(H,15,16). The van der Waals surface area contributed by atoms with E-state index in [9.17, 15) is 15.0 Å². The first-order valence-corrected chi connectivity index (χ1v) is 6.08. The zero-order valence-corrected chi connectivity index (χ0v) is 11.5. The van der Waals surface area contributed by atoms with Crippen LogP contribution in [-0.4, -0.2) is 28.8 Å². The number of aliphatic hydroxyl groups excluding tert-OH is 2. The minimum atomic E-state index is -1.05. The van der Waals surface area contributed by atoms with Gasteiger partial charge < -0.3 is 15.5 Å². The Morgan fingerprint density at radius 1 is 1.33 bits per heavy atom. The van der Waals surface area contributed by atoms with Gasteiger partial charge in [0.2, 0.25) is 5.91 Å². The summed E-state index contributed by atoms with van der Waals surface area (Å²) in [6.07, 6.45) is -2.10. The van der Waals surface area contributed by atoms with E-state index in [-0.39, 0.29) is 12.5 Å². The Morgan fingerprint density at radius 2 is 1.83 bits per heavy atom. The molecular weight excluding hydrogens is 254 g/mol. The van der Waals surface area contributed by atoms with Crippen LogP contribution in [0.4, 0.5) is 0 Å². The van der Waals surface area contributed by atoms with Gasteiger partial charge in [-0.25, -0.2) is 0 Å². The van der Waals surface area contributed by atoms with Crippen molar-refractivity contribution in [1.82, 2.24) is 5.32 Å². The van der Waals surface area contributed by atoms with Crippen molar-refractivity contribution in [2.24, 2.45) is 0 Å². The van der Waals surface area contributed by atoms with Crippen LogP contribution in [0.15, 0.2) is 12.1 Å². The summed E-state index contributed by atoms with van der Waals surface area (Å²) in [5, 5.41) is 22.9. The maximum atomic E-state index is 10.7. The van der Waals surface area contributed by atoms with Gasteiger partial charge in [0.05, 0.1) is 0 Å². The summed E-state index contributed by atoms with van der Waals surface area (Å²) in [5.74, 6) is -0.246. The first-order valence-electron chi connectivity index (χ1n) is 5.70. The third kappa shape index (κ3) is 3.70. The average Bonchev–Trinajstić information content (AvgIpc) is 2.31. The topological polar surface area (TPSA) is 69.6 Å². The molecule has 18 heavy (non-hydrogen) atoms. The van der Waals surface area contributed by atoms with Crippen molar-refractivity contribution in [3.8, 4) is 0 Å². The van der Waals surface area contributed by atoms with Gasteiger partial charge in [0, 0.05) is 18.5 Å². The molecule has 1 aromatic carbocycles. The lowest BCUT2D eigenvalue weighted by atomic mass is 9.99. The quantitative estimate of drug-likeness (QED) is 0.777. The molecule has 100 valence electrons. The molecule has 0 fully saturated rings. The Kier molecular flexibility index (Phi) is 5.14. The molecule has 0 bridgehead atoms. The molecule has 0 aromatic heterocycles. The molecule has 2 atom stereocenters. The fourth-order valence-corrected chi connectivity index (χ4v) is 1.84. The first kappa shape index (κ1) is 15.0. The summed E-state index contributed by atoms with van der Waals surface area (Å²) in [4.78, 5) is 10.7. The molecule has 0 heterocycles. The Balaban J connectivity index is 2.83. The van der Waals surface area contributed by atoms with Crippen LogP contribution >= 0.6 is 11.6 Å². The molecule has 2 unspecified atom stereocenters. The molecule has 0 aliphatic carbocycles. The van der Waals surface area contributed by atoms with Gasteiger partial charge in [-0.2, -0.15) is 0 Å². The highest BCUT2D eigenvalue weighted by atomic mass is 35.5. The second-order valence-electron chi connectivity index (χ2n) is 4.42. The van der Waals surface area contributed by atoms with Gasteiger partial charge in [0.1, 0.15) is 12.2 Å². The van der Waals surface area contributed by atoms with Gasteiger partial charge in [-0.15, -0.1) is 0 Å². The van der Waals surface area contributed by atoms with Crippen molar-refractivity contribution in [2.75, 3.05) is 6.54 Å². The molecule has 5 heteroatoms. The molecule has 1 amide bonds. The second-order valence-corrected chi connectivity index (χ2v) is 4.80. The fourth-order valence-electron chi connectivity index (χ4n) is 1.73. The maximum Gasteiger partial charge on any atom is 0.216 e. The molecule has 1 aromatic rings. The van der Waals surface area contributed by atoms with Crippen LogP contribution in [0.1, 0.15) is 29.7 Å². The summed E-state index contributed by atoms with van der Waals surface area (Å²) >= 11 is 6.04. The number of amides is 1. The predicted molar refractivity (Wildman–Crippen MR) is 70.6 cm³/mol. The monoisotopic (exact) mass is 271 g/mol. The van der Waals surface area contributed by atoms with Crippen molar-refractivity contribution in [1.29, 1.82) is 0 Å². The number of rotatable bonds is 4. The highest BCUT2D eigenvalue weighted by Gasteiger charge is 2.19. The van der Waals surface area contributed by atoms with Gasteiger partial charge in [-0.1, -0.05) is 23.7 Å². The molecular formula is C13H18ClNO3. The summed E-state index contributed by atoms with van der Waals surface area (Å²) in [7, 11) is 0. The Bertz CT molecular complexity index is 425. The Labute approximate surface area is 112 Å². The van der Waals surface area contributed by atoms with E-state index >= 15 is 0 Å². The third-order valence-electron chi connectivity index (χ3n) is 2.72. The van der Waals surface area contributed by atoms with Crippen LogP contribution in [0.2, 0.25) is 5.02 Å². The minimum Gasteiger partial charge on any atom is -0.388 e. The van der Waals surface area contributed by atoms with E-state index < -0.39 is 12.2 Å². The van der Waals surface area contributed by atoms with Crippen LogP contribution in [0.5, 0.6) is 0 Å². The Hall–Kier alpha value is -1.10. The molecule has 1 rings (SSSR count). The van der Waals surface area contributed by atoms with Crippen LogP contribution in [0, 0.1) is 13.8 Å². The number of carbonyl (C=O) groups excluding carboxylic acids is 1. The minimum absolute atomic E-state index is 0.0111. The van der Waals surface area contributed by atoms with Gasteiger partial charge in [-0.3, -0.25) is 4.79 Å². The SMILES string of the molecule is CC(=O)NCC(O)C(O)c1cc(C)c(Cl)c(C)c1. The highest BCUT2D eigenvalue weighted by Crippen LogP contribution is 2.26. The average molecular weight is 272 g/mol. The molecule has 0 spiro atoms. The number of hydrogen-bond donors (Lipinski definition) is 3. The van der Waals surface area contributed by atoms with E-state index in [1.807, 2.05) is 13.8 Å². The molecule has 0 saturated heterocycles. The number of carbonyl (C=O) groups is 1. The predicted octanol–water partition coefficient (Wildman–Crippen LogP) is 1.49. The Morgan fingerprint density at radius 3 is 2.28 bits per heavy atom. The van der Waals surface area contributed by atoms with E-state index in [4.69, 9.17) is 11.6 Å². The second kappa shape index (κ2) is 6.18. The lowest BCUT2D eigenvalue weighted by Crippen LogP contribution is -2.34. The number of benzene rings is 1. The molecule has 4 nitrogen and oxygen atoms in total. The lowest BCUT2D eigenvalue weighted by Gasteiger charge is -2.19. The maximum absolute atomic E-state index is 10.7. The largest absolute Gasteiger partial charge is 0.388 e. The van der Waals surface area contributed by atoms with Gasteiger partial charge in [0.25, 0.3) is 0 Å². The zero-order valence-electron chi connectivity index (χ0n) is 10.7. The van der Waals surface area contributed by atoms with Crippen LogP contribution < -0.4 is 5.32 Å². The molecule has 0 radical (unpaired) electrons. The van der Waals surface area contributed by atoms with Crippen LogP contribution in [0.3, 0.4) is 0 Å². The van der Waals surface area contributed by atoms with Crippen molar-refractivity contribution >= 4 is 17.5 Å². The number of nitrogens with one attached hydrogen (secondary N) is 1. The highest BCUT2D eigenvalue weighted by molar-refractivity contribution is 6.32. The summed E-state index contributed by atoms with van der Waals surface area (Å²) in [6, 6.07) is 3.47. The number of aryl methyl sites for hydroxylation is 2. The first-order chi connectivity index (χ1) is 8.32. The normalized spacial score (nSPS) is 14.1. The summed E-state index contributed by atoms with van der Waals surface area (Å²) in [5.41, 5.74) is 2.28. The summed E-state index contributed by atoms with van der Waals surface area (Å²) in [6.45, 7) is 5.05. The zero-order chi connectivity index (χ0) is 13.9. The third-order valence-corrected chi connectivity index (χ3v) is 3.32. The smallest absolute Gasteiger partial charge is 0.216 e. The number of halogens is 1. The molecule has 0 saturated carbocycles. The molecule has 0 aliphatic rings. The number of aliphatic hydroxyl groups is 2. The van der Waals surface area contributed by atoms with Gasteiger partial charge in [-0.05, 0) is 30.5 Å². The van der Waals surface area contributed by atoms with Crippen molar-refractivity contribution in [3.05, 3.63) is 33.8 Å². The van der Waals surface area contributed by atoms with Gasteiger partial charge >= 0.3 is 0 Å². The van der Waals surface area contributed by atoms with Crippen LogP contribution in [0.25, 0.3) is 0 Å². The number of hydrogen-bond acceptors (Lipinski definition) is 3. The molecule has 3 N–H and O–H groups in total. The van der Waals surface area contributed by atoms with Crippen molar-refractivity contribution in [3.63, 3.8) is 0 Å². The van der Waals surface area contributed by atoms with E-state index in [0.717, 1.165) is 11.1 Å². The van der Waals surface area contributed by atoms with E-state index in [2.05, 4.69) is 5.32 Å². The van der Waals surface area contributed by atoms with Crippen molar-refractivity contribution < 1.29 is 15.0 Å². The van der Waals surface area contributed by atoms with Gasteiger partial charge in [0.15, 0.2) is 0 Å². The van der Waals surface area contributed by atoms with Crippen molar-refractivity contribution in [2.45, 2.75) is 33.0 Å². The van der Waals surface area contributed by atoms with E-state index in [0.29, 0.717) is 10.6 Å². The van der Waals surface area contributed by atoms with Crippen LogP contribution in [-0.2, 0) is 4.79 Å². The lowest BCUT2D eigenvalue weighted by molar-refractivity contribution is -0.119. The summed E-state index contributed by atoms with van der Waals surface area (Å²) < 4.78 is 0. The van der Waals surface area contributed by atoms with E-state index in [1.165, 1.54) is 6.92 Å². The molecule has 0 aliphatic heterocycles. The van der Waals surface area contributed by atoms with E-state index in [1.54, 1.807) is 12.1 Å².